The van der Waals surface area contributed by atoms with Crippen molar-refractivity contribution in [3.63, 3.8) is 0 Å². The van der Waals surface area contributed by atoms with E-state index < -0.39 is 17.2 Å². The Bertz CT molecular complexity index is 830. The van der Waals surface area contributed by atoms with Crippen molar-refractivity contribution in [2.45, 2.75) is 26.3 Å². The molecular weight excluding hydrogens is 290 g/mol. The second-order valence-corrected chi connectivity index (χ2v) is 4.98. The average Bonchev–Trinajstić information content (AvgIpc) is 2.85. The number of nitrogens with one attached hydrogen (secondary N) is 1. The smallest absolute Gasteiger partial charge is 0.332 e. The van der Waals surface area contributed by atoms with E-state index in [1.54, 1.807) is 11.6 Å². The third kappa shape index (κ3) is 2.61. The summed E-state index contributed by atoms with van der Waals surface area (Å²) in [6.07, 6.45) is 0.499. The van der Waals surface area contributed by atoms with Crippen molar-refractivity contribution >= 4 is 23.1 Å². The molecule has 0 fully saturated rings. The lowest BCUT2D eigenvalue weighted by atomic mass is 10.3. The Labute approximate surface area is 125 Å². The maximum Gasteiger partial charge on any atom is 0.332 e. The number of nitrogens with zero attached hydrogens (tertiary/aromatic N) is 4. The second kappa shape index (κ2) is 6.04. The van der Waals surface area contributed by atoms with Gasteiger partial charge in [-0.3, -0.25) is 23.3 Å². The molecule has 0 radical (unpaired) electrons. The van der Waals surface area contributed by atoms with Gasteiger partial charge in [0.1, 0.15) is 0 Å². The Hall–Kier alpha value is -2.58. The molecular formula is C13H19N5O4. The fourth-order valence-corrected chi connectivity index (χ4v) is 2.36. The van der Waals surface area contributed by atoms with Gasteiger partial charge in [0.05, 0.1) is 0 Å². The van der Waals surface area contributed by atoms with Crippen LogP contribution in [0.3, 0.4) is 0 Å². The van der Waals surface area contributed by atoms with Crippen molar-refractivity contribution in [1.82, 2.24) is 18.7 Å². The van der Waals surface area contributed by atoms with Gasteiger partial charge in [-0.15, -0.1) is 0 Å². The first-order valence-corrected chi connectivity index (χ1v) is 7.00. The van der Waals surface area contributed by atoms with Crippen LogP contribution in [0.15, 0.2) is 9.59 Å². The number of rotatable bonds is 6. The highest BCUT2D eigenvalue weighted by molar-refractivity contribution is 5.74. The van der Waals surface area contributed by atoms with Gasteiger partial charge < -0.3 is 10.4 Å². The Morgan fingerprint density at radius 3 is 2.55 bits per heavy atom. The van der Waals surface area contributed by atoms with Gasteiger partial charge >= 0.3 is 11.7 Å². The van der Waals surface area contributed by atoms with E-state index >= 15 is 0 Å². The van der Waals surface area contributed by atoms with Crippen LogP contribution in [0.5, 0.6) is 0 Å². The van der Waals surface area contributed by atoms with E-state index in [4.69, 9.17) is 5.11 Å². The molecule has 0 aliphatic carbocycles. The van der Waals surface area contributed by atoms with Crippen LogP contribution < -0.4 is 16.6 Å². The molecule has 2 rings (SSSR count). The Balaban J connectivity index is 2.46. The Morgan fingerprint density at radius 2 is 1.95 bits per heavy atom. The minimum Gasteiger partial charge on any atom is -0.481 e. The maximum atomic E-state index is 12.2. The van der Waals surface area contributed by atoms with Gasteiger partial charge in [0, 0.05) is 33.6 Å². The molecule has 0 atom stereocenters. The van der Waals surface area contributed by atoms with Crippen LogP contribution in [0.2, 0.25) is 0 Å². The van der Waals surface area contributed by atoms with Gasteiger partial charge in [-0.25, -0.2) is 9.78 Å². The standard InChI is InChI=1S/C13H19N5O4/c1-4-18-10-9(11(21)17(3)13(22)16(10)2)15-12(18)14-7-5-6-8(19)20/h4-7H2,1-3H3,(H,14,15)(H,19,20). The lowest BCUT2D eigenvalue weighted by molar-refractivity contribution is -0.137. The predicted octanol–water partition coefficient (Wildman–Crippen LogP) is -0.270. The fourth-order valence-electron chi connectivity index (χ4n) is 2.36. The van der Waals surface area contributed by atoms with Gasteiger partial charge in [0.15, 0.2) is 11.2 Å². The molecule has 2 aromatic rings. The number of aromatic nitrogens is 4. The van der Waals surface area contributed by atoms with Crippen molar-refractivity contribution in [3.8, 4) is 0 Å². The van der Waals surface area contributed by atoms with Gasteiger partial charge in [0.25, 0.3) is 5.56 Å². The highest BCUT2D eigenvalue weighted by Gasteiger charge is 2.17. The van der Waals surface area contributed by atoms with E-state index in [2.05, 4.69) is 10.3 Å². The zero-order valence-corrected chi connectivity index (χ0v) is 12.8. The van der Waals surface area contributed by atoms with Crippen LogP contribution in [0.1, 0.15) is 19.8 Å². The lowest BCUT2D eigenvalue weighted by Gasteiger charge is -2.09. The molecule has 120 valence electrons. The number of anilines is 1. The molecule has 9 heteroatoms. The summed E-state index contributed by atoms with van der Waals surface area (Å²) in [5.74, 6) is -0.400. The summed E-state index contributed by atoms with van der Waals surface area (Å²) in [6, 6.07) is 0. The van der Waals surface area contributed by atoms with Gasteiger partial charge in [-0.2, -0.15) is 0 Å². The summed E-state index contributed by atoms with van der Waals surface area (Å²) in [6.45, 7) is 2.83. The molecule has 0 aromatic carbocycles. The molecule has 2 N–H and O–H groups in total. The summed E-state index contributed by atoms with van der Waals surface area (Å²) < 4.78 is 4.14. The second-order valence-electron chi connectivity index (χ2n) is 4.98. The van der Waals surface area contributed by atoms with E-state index in [1.807, 2.05) is 6.92 Å². The number of carboxylic acid groups (broad SMARTS) is 1. The molecule has 2 heterocycles. The minimum atomic E-state index is -0.859. The monoisotopic (exact) mass is 309 g/mol. The zero-order chi connectivity index (χ0) is 16.4. The molecule has 0 unspecified atom stereocenters. The third-order valence-electron chi connectivity index (χ3n) is 3.51. The largest absolute Gasteiger partial charge is 0.481 e. The quantitative estimate of drug-likeness (QED) is 0.711. The van der Waals surface area contributed by atoms with Crippen LogP contribution in [-0.4, -0.2) is 36.3 Å². The molecule has 0 aliphatic rings. The summed E-state index contributed by atoms with van der Waals surface area (Å²) in [7, 11) is 3.00. The van der Waals surface area contributed by atoms with E-state index in [1.165, 1.54) is 11.6 Å². The SMILES string of the molecule is CCn1c(NCCCC(=O)O)nc2c(=O)n(C)c(=O)n(C)c21. The minimum absolute atomic E-state index is 0.0552. The molecule has 0 saturated carbocycles. The van der Waals surface area contributed by atoms with Crippen LogP contribution in [0.25, 0.3) is 11.2 Å². The maximum absolute atomic E-state index is 12.2. The van der Waals surface area contributed by atoms with Crippen LogP contribution in [0, 0.1) is 0 Å². The number of carbonyl (C=O) groups is 1. The molecule has 2 aromatic heterocycles. The van der Waals surface area contributed by atoms with Crippen molar-refractivity contribution in [2.24, 2.45) is 14.1 Å². The molecule has 0 saturated heterocycles. The summed E-state index contributed by atoms with van der Waals surface area (Å²) in [5, 5.41) is 11.7. The van der Waals surface area contributed by atoms with E-state index in [0.29, 0.717) is 31.1 Å². The van der Waals surface area contributed by atoms with Crippen LogP contribution in [-0.2, 0) is 25.4 Å². The number of fused-ring (bicyclic) bond motifs is 1. The van der Waals surface area contributed by atoms with E-state index in [-0.39, 0.29) is 11.9 Å². The summed E-state index contributed by atoms with van der Waals surface area (Å²) in [5.41, 5.74) is -0.188. The van der Waals surface area contributed by atoms with Gasteiger partial charge in [-0.1, -0.05) is 0 Å². The molecule has 0 bridgehead atoms. The lowest BCUT2D eigenvalue weighted by Crippen LogP contribution is -2.37. The molecule has 0 spiro atoms. The van der Waals surface area contributed by atoms with Gasteiger partial charge in [0.2, 0.25) is 5.95 Å². The first-order chi connectivity index (χ1) is 10.4. The molecule has 22 heavy (non-hydrogen) atoms. The zero-order valence-electron chi connectivity index (χ0n) is 12.8. The number of aliphatic carboxylic acids is 1. The van der Waals surface area contributed by atoms with Crippen LogP contribution in [0.4, 0.5) is 5.95 Å². The summed E-state index contributed by atoms with van der Waals surface area (Å²) in [4.78, 5) is 39.0. The Kier molecular flexibility index (Phi) is 4.34. The third-order valence-corrected chi connectivity index (χ3v) is 3.51. The topological polar surface area (TPSA) is 111 Å². The predicted molar refractivity (Wildman–Crippen MR) is 81.2 cm³/mol. The highest BCUT2D eigenvalue weighted by atomic mass is 16.4. The molecule has 0 amide bonds. The number of carboxylic acids is 1. The number of hydrogen-bond acceptors (Lipinski definition) is 5. The number of imidazole rings is 1. The molecule has 9 nitrogen and oxygen atoms in total. The molecule has 0 aliphatic heterocycles. The van der Waals surface area contributed by atoms with E-state index in [0.717, 1.165) is 4.57 Å². The first kappa shape index (κ1) is 15.8. The normalized spacial score (nSPS) is 11.0. The number of hydrogen-bond donors (Lipinski definition) is 2. The van der Waals surface area contributed by atoms with Crippen molar-refractivity contribution < 1.29 is 9.90 Å². The average molecular weight is 309 g/mol. The highest BCUT2D eigenvalue weighted by Crippen LogP contribution is 2.15. The number of aryl methyl sites for hydroxylation is 2. The Morgan fingerprint density at radius 1 is 1.27 bits per heavy atom. The van der Waals surface area contributed by atoms with Crippen molar-refractivity contribution in [1.29, 1.82) is 0 Å². The van der Waals surface area contributed by atoms with Crippen molar-refractivity contribution in [2.75, 3.05) is 11.9 Å². The summed E-state index contributed by atoms with van der Waals surface area (Å²) >= 11 is 0. The van der Waals surface area contributed by atoms with Gasteiger partial charge in [-0.05, 0) is 13.3 Å². The van der Waals surface area contributed by atoms with Crippen molar-refractivity contribution in [3.05, 3.63) is 20.8 Å². The first-order valence-electron chi connectivity index (χ1n) is 7.00. The fraction of sp³-hybridized carbons (Fsp3) is 0.538. The van der Waals surface area contributed by atoms with E-state index in [9.17, 15) is 14.4 Å². The van der Waals surface area contributed by atoms with Crippen LogP contribution >= 0.6 is 0 Å².